The summed E-state index contributed by atoms with van der Waals surface area (Å²) in [6.07, 6.45) is -4.87. The van der Waals surface area contributed by atoms with Crippen LogP contribution in [0.15, 0.2) is 42.5 Å². The fourth-order valence-electron chi connectivity index (χ4n) is 2.15. The molecule has 3 aromatic rings. The summed E-state index contributed by atoms with van der Waals surface area (Å²) in [6.45, 7) is 1.84. The Bertz CT molecular complexity index is 878. The van der Waals surface area contributed by atoms with E-state index in [1.165, 1.54) is 17.4 Å². The van der Waals surface area contributed by atoms with Gasteiger partial charge in [-0.15, -0.1) is 23.4 Å². The summed E-state index contributed by atoms with van der Waals surface area (Å²) < 4.78 is 41.0. The average molecular weight is 352 g/mol. The molecule has 24 heavy (non-hydrogen) atoms. The molecular weight excluding hydrogens is 341 g/mol. The molecule has 2 aromatic carbocycles. The van der Waals surface area contributed by atoms with E-state index in [1.54, 1.807) is 18.2 Å². The molecular formula is C16H11F3N2O2S. The number of aryl methyl sites for hydroxylation is 1. The van der Waals surface area contributed by atoms with Gasteiger partial charge in [-0.25, -0.2) is 0 Å². The number of rotatable bonds is 3. The molecule has 0 amide bonds. The molecule has 0 atom stereocenters. The van der Waals surface area contributed by atoms with Crippen molar-refractivity contribution in [3.63, 3.8) is 0 Å². The van der Waals surface area contributed by atoms with Crippen LogP contribution in [-0.2, 0) is 0 Å². The normalized spacial score (nSPS) is 11.5. The van der Waals surface area contributed by atoms with E-state index < -0.39 is 17.9 Å². The SMILES string of the molecule is Cc1nnc(-c2cccc(-c3ccc(O)c(OC(F)(F)F)c3)c2)s1. The number of alkyl halides is 3. The smallest absolute Gasteiger partial charge is 0.504 e. The van der Waals surface area contributed by atoms with Gasteiger partial charge in [0.2, 0.25) is 0 Å². The predicted octanol–water partition coefficient (Wildman–Crippen LogP) is 4.78. The monoisotopic (exact) mass is 352 g/mol. The number of hydrogen-bond acceptors (Lipinski definition) is 5. The third-order valence-corrected chi connectivity index (χ3v) is 4.04. The van der Waals surface area contributed by atoms with Gasteiger partial charge in [-0.1, -0.05) is 35.6 Å². The summed E-state index contributed by atoms with van der Waals surface area (Å²) in [5, 5.41) is 19.1. The maximum Gasteiger partial charge on any atom is 0.573 e. The Morgan fingerprint density at radius 3 is 2.38 bits per heavy atom. The lowest BCUT2D eigenvalue weighted by Gasteiger charge is -2.12. The number of aromatic nitrogens is 2. The molecule has 0 spiro atoms. The first-order chi connectivity index (χ1) is 11.3. The highest BCUT2D eigenvalue weighted by molar-refractivity contribution is 7.14. The number of halogens is 3. The van der Waals surface area contributed by atoms with Crippen LogP contribution in [0.1, 0.15) is 5.01 Å². The third-order valence-electron chi connectivity index (χ3n) is 3.15. The first-order valence-corrected chi connectivity index (χ1v) is 7.63. The summed E-state index contributed by atoms with van der Waals surface area (Å²) in [7, 11) is 0. The summed E-state index contributed by atoms with van der Waals surface area (Å²) >= 11 is 1.42. The highest BCUT2D eigenvalue weighted by atomic mass is 32.1. The van der Waals surface area contributed by atoms with E-state index in [2.05, 4.69) is 14.9 Å². The molecule has 0 saturated heterocycles. The second-order valence-corrected chi connectivity index (χ2v) is 6.12. The van der Waals surface area contributed by atoms with Crippen LogP contribution < -0.4 is 4.74 Å². The van der Waals surface area contributed by atoms with E-state index >= 15 is 0 Å². The van der Waals surface area contributed by atoms with Gasteiger partial charge in [-0.05, 0) is 36.2 Å². The largest absolute Gasteiger partial charge is 0.573 e. The first kappa shape index (κ1) is 16.3. The highest BCUT2D eigenvalue weighted by Crippen LogP contribution is 2.36. The van der Waals surface area contributed by atoms with Crippen LogP contribution in [0.5, 0.6) is 11.5 Å². The van der Waals surface area contributed by atoms with Crippen LogP contribution in [0.2, 0.25) is 0 Å². The first-order valence-electron chi connectivity index (χ1n) is 6.81. The van der Waals surface area contributed by atoms with E-state index in [9.17, 15) is 18.3 Å². The molecule has 1 heterocycles. The van der Waals surface area contributed by atoms with Crippen LogP contribution in [0.4, 0.5) is 13.2 Å². The maximum atomic E-state index is 12.4. The van der Waals surface area contributed by atoms with Crippen molar-refractivity contribution < 1.29 is 23.0 Å². The van der Waals surface area contributed by atoms with Crippen molar-refractivity contribution in [2.75, 3.05) is 0 Å². The summed E-state index contributed by atoms with van der Waals surface area (Å²) in [5.41, 5.74) is 1.96. The quantitative estimate of drug-likeness (QED) is 0.737. The standard InChI is InChI=1S/C16H11F3N2O2S/c1-9-20-21-15(24-9)12-4-2-3-10(7-12)11-5-6-13(22)14(8-11)23-16(17,18)19/h2-8,22H,1H3. The molecule has 4 nitrogen and oxygen atoms in total. The fourth-order valence-corrected chi connectivity index (χ4v) is 2.83. The topological polar surface area (TPSA) is 55.2 Å². The summed E-state index contributed by atoms with van der Waals surface area (Å²) in [5.74, 6) is -1.22. The Morgan fingerprint density at radius 2 is 1.71 bits per heavy atom. The van der Waals surface area contributed by atoms with Crippen LogP contribution in [0, 0.1) is 6.92 Å². The van der Waals surface area contributed by atoms with E-state index in [0.717, 1.165) is 27.7 Å². The summed E-state index contributed by atoms with van der Waals surface area (Å²) in [6, 6.07) is 11.0. The van der Waals surface area contributed by atoms with Gasteiger partial charge in [0.15, 0.2) is 11.5 Å². The maximum absolute atomic E-state index is 12.4. The van der Waals surface area contributed by atoms with Gasteiger partial charge in [-0.2, -0.15) is 0 Å². The number of nitrogens with zero attached hydrogens (tertiary/aromatic N) is 2. The molecule has 0 fully saturated rings. The molecule has 1 N–H and O–H groups in total. The Morgan fingerprint density at radius 1 is 1.00 bits per heavy atom. The van der Waals surface area contributed by atoms with Crippen molar-refractivity contribution in [1.29, 1.82) is 0 Å². The van der Waals surface area contributed by atoms with Gasteiger partial charge in [0.05, 0.1) is 0 Å². The van der Waals surface area contributed by atoms with E-state index in [-0.39, 0.29) is 0 Å². The van der Waals surface area contributed by atoms with Crippen LogP contribution >= 0.6 is 11.3 Å². The van der Waals surface area contributed by atoms with Gasteiger partial charge < -0.3 is 9.84 Å². The molecule has 1 aromatic heterocycles. The lowest BCUT2D eigenvalue weighted by atomic mass is 10.0. The molecule has 0 aliphatic rings. The van der Waals surface area contributed by atoms with Crippen LogP contribution in [0.3, 0.4) is 0 Å². The number of hydrogen-bond donors (Lipinski definition) is 1. The second kappa shape index (κ2) is 6.12. The van der Waals surface area contributed by atoms with Crippen molar-refractivity contribution in [3.8, 4) is 33.2 Å². The minimum atomic E-state index is -4.87. The molecule has 3 rings (SSSR count). The zero-order valence-corrected chi connectivity index (χ0v) is 13.1. The minimum Gasteiger partial charge on any atom is -0.504 e. The number of aromatic hydroxyl groups is 1. The molecule has 0 radical (unpaired) electrons. The Balaban J connectivity index is 1.99. The lowest BCUT2D eigenvalue weighted by Crippen LogP contribution is -2.17. The molecule has 0 aliphatic heterocycles. The average Bonchev–Trinajstić information content (AvgIpc) is 2.95. The van der Waals surface area contributed by atoms with Crippen molar-refractivity contribution >= 4 is 11.3 Å². The molecule has 0 unspecified atom stereocenters. The van der Waals surface area contributed by atoms with Crippen LogP contribution in [0.25, 0.3) is 21.7 Å². The van der Waals surface area contributed by atoms with Crippen molar-refractivity contribution in [2.45, 2.75) is 13.3 Å². The zero-order valence-electron chi connectivity index (χ0n) is 12.3. The predicted molar refractivity (Wildman–Crippen MR) is 83.9 cm³/mol. The molecule has 0 aliphatic carbocycles. The third kappa shape index (κ3) is 3.65. The number of ether oxygens (including phenoxy) is 1. The fraction of sp³-hybridized carbons (Fsp3) is 0.125. The van der Waals surface area contributed by atoms with Gasteiger partial charge in [0.25, 0.3) is 0 Å². The Hall–Kier alpha value is -2.61. The minimum absolute atomic E-state index is 0.482. The Kier molecular flexibility index (Phi) is 4.15. The molecule has 8 heteroatoms. The van der Waals surface area contributed by atoms with E-state index in [1.807, 2.05) is 13.0 Å². The Labute approximate surface area is 139 Å². The highest BCUT2D eigenvalue weighted by Gasteiger charge is 2.32. The zero-order chi connectivity index (χ0) is 17.3. The van der Waals surface area contributed by atoms with E-state index in [4.69, 9.17) is 0 Å². The van der Waals surface area contributed by atoms with E-state index in [0.29, 0.717) is 11.1 Å². The van der Waals surface area contributed by atoms with Gasteiger partial charge in [0.1, 0.15) is 10.0 Å². The summed E-state index contributed by atoms with van der Waals surface area (Å²) in [4.78, 5) is 0. The number of benzene rings is 2. The van der Waals surface area contributed by atoms with Crippen molar-refractivity contribution in [1.82, 2.24) is 10.2 Å². The van der Waals surface area contributed by atoms with Crippen molar-refractivity contribution in [3.05, 3.63) is 47.5 Å². The van der Waals surface area contributed by atoms with Crippen molar-refractivity contribution in [2.24, 2.45) is 0 Å². The lowest BCUT2D eigenvalue weighted by molar-refractivity contribution is -0.275. The van der Waals surface area contributed by atoms with Gasteiger partial charge >= 0.3 is 6.36 Å². The van der Waals surface area contributed by atoms with Gasteiger partial charge in [0, 0.05) is 5.56 Å². The molecule has 0 bridgehead atoms. The second-order valence-electron chi connectivity index (χ2n) is 4.94. The molecule has 0 saturated carbocycles. The number of phenols is 1. The van der Waals surface area contributed by atoms with Crippen LogP contribution in [-0.4, -0.2) is 21.7 Å². The number of phenolic OH excluding ortho intramolecular Hbond substituents is 1. The van der Waals surface area contributed by atoms with Gasteiger partial charge in [-0.3, -0.25) is 0 Å². The molecule has 124 valence electrons.